The molecule has 0 spiro atoms. The number of rotatable bonds is 1. The molecule has 0 saturated carbocycles. The molecule has 2 heterocycles. The predicted molar refractivity (Wildman–Crippen MR) is 54.0 cm³/mol. The van der Waals surface area contributed by atoms with Crippen LogP contribution in [0.5, 0.6) is 0 Å². The highest BCUT2D eigenvalue weighted by atomic mass is 15.3. The second-order valence-corrected chi connectivity index (χ2v) is 3.90. The molecule has 2 unspecified atom stereocenters. The minimum absolute atomic E-state index is 0.764. The summed E-state index contributed by atoms with van der Waals surface area (Å²) in [7, 11) is 0. The van der Waals surface area contributed by atoms with Gasteiger partial charge in [-0.3, -0.25) is 0 Å². The first-order valence-electron chi connectivity index (χ1n) is 5.00. The summed E-state index contributed by atoms with van der Waals surface area (Å²) >= 11 is 0. The first-order valence-corrected chi connectivity index (χ1v) is 5.00. The monoisotopic (exact) mass is 174 g/mol. The molecular weight excluding hydrogens is 160 g/mol. The van der Waals surface area contributed by atoms with E-state index in [1.807, 2.05) is 0 Å². The molecule has 1 aromatic rings. The number of anilines is 1. The second kappa shape index (κ2) is 2.74. The summed E-state index contributed by atoms with van der Waals surface area (Å²) in [6.07, 6.45) is 1.31. The molecule has 2 atom stereocenters. The molecule has 3 rings (SSSR count). The molecule has 0 aromatic heterocycles. The van der Waals surface area contributed by atoms with Crippen LogP contribution >= 0.6 is 0 Å². The van der Waals surface area contributed by atoms with Gasteiger partial charge in [-0.05, 0) is 25.1 Å². The number of hydrogen-bond donors (Lipinski definition) is 1. The molecule has 0 amide bonds. The Morgan fingerprint density at radius 1 is 1.23 bits per heavy atom. The van der Waals surface area contributed by atoms with Gasteiger partial charge in [0.05, 0.1) is 0 Å². The van der Waals surface area contributed by atoms with Gasteiger partial charge in [-0.25, -0.2) is 0 Å². The van der Waals surface area contributed by atoms with E-state index in [9.17, 15) is 0 Å². The Hall–Kier alpha value is -1.02. The summed E-state index contributed by atoms with van der Waals surface area (Å²) < 4.78 is 0. The SMILES string of the molecule is c1ccc(N2CC3NCCC32)cc1. The van der Waals surface area contributed by atoms with Crippen LogP contribution in [-0.2, 0) is 0 Å². The van der Waals surface area contributed by atoms with Crippen molar-refractivity contribution in [2.24, 2.45) is 0 Å². The molecule has 2 aliphatic heterocycles. The van der Waals surface area contributed by atoms with Crippen molar-refractivity contribution in [3.05, 3.63) is 30.3 Å². The largest absolute Gasteiger partial charge is 0.365 e. The number of para-hydroxylation sites is 1. The van der Waals surface area contributed by atoms with Gasteiger partial charge in [0.25, 0.3) is 0 Å². The van der Waals surface area contributed by atoms with E-state index >= 15 is 0 Å². The summed E-state index contributed by atoms with van der Waals surface area (Å²) in [6, 6.07) is 12.2. The quantitative estimate of drug-likeness (QED) is 0.689. The van der Waals surface area contributed by atoms with Crippen LogP contribution in [0, 0.1) is 0 Å². The minimum Gasteiger partial charge on any atom is -0.365 e. The molecule has 1 N–H and O–H groups in total. The maximum atomic E-state index is 3.51. The van der Waals surface area contributed by atoms with Gasteiger partial charge in [0.2, 0.25) is 0 Å². The zero-order valence-electron chi connectivity index (χ0n) is 7.61. The average Bonchev–Trinajstić information content (AvgIpc) is 2.50. The van der Waals surface area contributed by atoms with Crippen LogP contribution in [-0.4, -0.2) is 25.2 Å². The lowest BCUT2D eigenvalue weighted by Gasteiger charge is -2.45. The fraction of sp³-hybridized carbons (Fsp3) is 0.455. The third kappa shape index (κ3) is 1.05. The number of nitrogens with zero attached hydrogens (tertiary/aromatic N) is 1. The molecule has 2 saturated heterocycles. The van der Waals surface area contributed by atoms with Crippen molar-refractivity contribution in [2.45, 2.75) is 18.5 Å². The highest BCUT2D eigenvalue weighted by molar-refractivity contribution is 5.51. The molecule has 0 radical (unpaired) electrons. The molecular formula is C11H14N2. The zero-order valence-corrected chi connectivity index (χ0v) is 7.61. The van der Waals surface area contributed by atoms with E-state index in [2.05, 4.69) is 40.5 Å². The summed E-state index contributed by atoms with van der Waals surface area (Å²) in [5.74, 6) is 0. The predicted octanol–water partition coefficient (Wildman–Crippen LogP) is 1.24. The van der Waals surface area contributed by atoms with E-state index in [0.29, 0.717) is 0 Å². The van der Waals surface area contributed by atoms with Crippen molar-refractivity contribution in [1.29, 1.82) is 0 Å². The van der Waals surface area contributed by atoms with Crippen molar-refractivity contribution in [3.63, 3.8) is 0 Å². The Morgan fingerprint density at radius 3 is 2.85 bits per heavy atom. The van der Waals surface area contributed by atoms with Crippen LogP contribution in [0.15, 0.2) is 30.3 Å². The highest BCUT2D eigenvalue weighted by Crippen LogP contribution is 2.30. The lowest BCUT2D eigenvalue weighted by atomic mass is 9.97. The van der Waals surface area contributed by atoms with Gasteiger partial charge in [-0.15, -0.1) is 0 Å². The Labute approximate surface area is 78.6 Å². The van der Waals surface area contributed by atoms with E-state index in [1.54, 1.807) is 0 Å². The van der Waals surface area contributed by atoms with Crippen LogP contribution in [0.1, 0.15) is 6.42 Å². The van der Waals surface area contributed by atoms with Gasteiger partial charge in [-0.2, -0.15) is 0 Å². The molecule has 2 heteroatoms. The molecule has 0 aliphatic carbocycles. The first kappa shape index (κ1) is 7.39. The van der Waals surface area contributed by atoms with Gasteiger partial charge < -0.3 is 10.2 Å². The summed E-state index contributed by atoms with van der Waals surface area (Å²) in [5.41, 5.74) is 1.38. The maximum absolute atomic E-state index is 3.51. The van der Waals surface area contributed by atoms with E-state index in [1.165, 1.54) is 25.2 Å². The lowest BCUT2D eigenvalue weighted by Crippen LogP contribution is -2.61. The standard InChI is InChI=1S/C11H14N2/c1-2-4-9(5-3-1)13-8-10-11(13)6-7-12-10/h1-5,10-12H,6-8H2. The van der Waals surface area contributed by atoms with Crippen LogP contribution in [0.4, 0.5) is 5.69 Å². The maximum Gasteiger partial charge on any atom is 0.0473 e. The Bertz CT molecular complexity index is 296. The molecule has 2 nitrogen and oxygen atoms in total. The molecule has 2 aliphatic rings. The number of benzene rings is 1. The van der Waals surface area contributed by atoms with E-state index in [0.717, 1.165) is 12.1 Å². The van der Waals surface area contributed by atoms with Crippen LogP contribution in [0.25, 0.3) is 0 Å². The topological polar surface area (TPSA) is 15.3 Å². The van der Waals surface area contributed by atoms with E-state index in [-0.39, 0.29) is 0 Å². The van der Waals surface area contributed by atoms with Crippen LogP contribution in [0.3, 0.4) is 0 Å². The Balaban J connectivity index is 1.81. The van der Waals surface area contributed by atoms with Crippen molar-refractivity contribution in [3.8, 4) is 0 Å². The fourth-order valence-corrected chi connectivity index (χ4v) is 2.44. The third-order valence-electron chi connectivity index (χ3n) is 3.19. The second-order valence-electron chi connectivity index (χ2n) is 3.90. The smallest absolute Gasteiger partial charge is 0.0473 e. The number of fused-ring (bicyclic) bond motifs is 1. The van der Waals surface area contributed by atoms with Crippen molar-refractivity contribution >= 4 is 5.69 Å². The van der Waals surface area contributed by atoms with Gasteiger partial charge in [0.15, 0.2) is 0 Å². The first-order chi connectivity index (χ1) is 6.45. The summed E-state index contributed by atoms with van der Waals surface area (Å²) in [4.78, 5) is 2.50. The highest BCUT2D eigenvalue weighted by Gasteiger charge is 2.41. The molecule has 0 bridgehead atoms. The number of nitrogens with one attached hydrogen (secondary N) is 1. The molecule has 1 aromatic carbocycles. The Kier molecular flexibility index (Phi) is 1.56. The average molecular weight is 174 g/mol. The fourth-order valence-electron chi connectivity index (χ4n) is 2.44. The van der Waals surface area contributed by atoms with E-state index < -0.39 is 0 Å². The summed E-state index contributed by atoms with van der Waals surface area (Å²) in [6.45, 7) is 2.38. The number of hydrogen-bond acceptors (Lipinski definition) is 2. The van der Waals surface area contributed by atoms with Gasteiger partial charge >= 0.3 is 0 Å². The van der Waals surface area contributed by atoms with Gasteiger partial charge in [0.1, 0.15) is 0 Å². The van der Waals surface area contributed by atoms with Crippen LogP contribution in [0.2, 0.25) is 0 Å². The van der Waals surface area contributed by atoms with Gasteiger partial charge in [-0.1, -0.05) is 18.2 Å². The van der Waals surface area contributed by atoms with Crippen molar-refractivity contribution in [1.82, 2.24) is 5.32 Å². The molecule has 68 valence electrons. The van der Waals surface area contributed by atoms with Crippen molar-refractivity contribution < 1.29 is 0 Å². The van der Waals surface area contributed by atoms with Gasteiger partial charge in [0, 0.05) is 24.3 Å². The normalized spacial score (nSPS) is 31.2. The molecule has 13 heavy (non-hydrogen) atoms. The van der Waals surface area contributed by atoms with E-state index in [4.69, 9.17) is 0 Å². The Morgan fingerprint density at radius 2 is 2.08 bits per heavy atom. The zero-order chi connectivity index (χ0) is 8.67. The lowest BCUT2D eigenvalue weighted by molar-refractivity contribution is 0.396. The van der Waals surface area contributed by atoms with Crippen LogP contribution < -0.4 is 10.2 Å². The molecule has 2 fully saturated rings. The minimum atomic E-state index is 0.764. The summed E-state index contributed by atoms with van der Waals surface area (Å²) in [5, 5.41) is 3.51. The third-order valence-corrected chi connectivity index (χ3v) is 3.19. The van der Waals surface area contributed by atoms with Crippen molar-refractivity contribution in [2.75, 3.05) is 18.0 Å².